The van der Waals surface area contributed by atoms with E-state index in [1.807, 2.05) is 0 Å². The zero-order valence-corrected chi connectivity index (χ0v) is 12.9. The van der Waals surface area contributed by atoms with Crippen molar-refractivity contribution in [1.29, 1.82) is 0 Å². The summed E-state index contributed by atoms with van der Waals surface area (Å²) in [6.45, 7) is 2.92. The molecule has 108 valence electrons. The minimum Gasteiger partial charge on any atom is -0.480 e. The molecular weight excluding hydrogens is 301 g/mol. The lowest BCUT2D eigenvalue weighted by Crippen LogP contribution is -2.50. The Morgan fingerprint density at radius 3 is 2.35 bits per heavy atom. The topological polar surface area (TPSA) is 57.6 Å². The van der Waals surface area contributed by atoms with Crippen molar-refractivity contribution in [2.24, 2.45) is 0 Å². The summed E-state index contributed by atoms with van der Waals surface area (Å²) in [6.07, 6.45) is 2.85. The van der Waals surface area contributed by atoms with Crippen LogP contribution in [0.25, 0.3) is 6.08 Å². The Morgan fingerprint density at radius 2 is 1.85 bits per heavy atom. The molecule has 0 fully saturated rings. The third kappa shape index (κ3) is 3.74. The Bertz CT molecular complexity index is 568. The molecule has 0 aromatic heterocycles. The first-order chi connectivity index (χ1) is 9.16. The fraction of sp³-hybridized carbons (Fsp3) is 0.286. The average molecular weight is 316 g/mol. The van der Waals surface area contributed by atoms with E-state index in [2.05, 4.69) is 0 Å². The predicted octanol–water partition coefficient (Wildman–Crippen LogP) is 3.33. The molecule has 0 unspecified atom stereocenters. The highest BCUT2D eigenvalue weighted by Crippen LogP contribution is 2.23. The van der Waals surface area contributed by atoms with Crippen LogP contribution in [0.4, 0.5) is 0 Å². The highest BCUT2D eigenvalue weighted by atomic mass is 35.5. The second-order valence-corrected chi connectivity index (χ2v) is 5.58. The summed E-state index contributed by atoms with van der Waals surface area (Å²) in [7, 11) is 1.44. The largest absolute Gasteiger partial charge is 0.480 e. The summed E-state index contributed by atoms with van der Waals surface area (Å²) in [6, 6.07) is 4.95. The fourth-order valence-electron chi connectivity index (χ4n) is 1.31. The van der Waals surface area contributed by atoms with Crippen LogP contribution in [0.1, 0.15) is 19.4 Å². The number of rotatable bonds is 4. The summed E-state index contributed by atoms with van der Waals surface area (Å²) >= 11 is 11.7. The van der Waals surface area contributed by atoms with Gasteiger partial charge in [0, 0.05) is 13.1 Å². The van der Waals surface area contributed by atoms with Gasteiger partial charge < -0.3 is 10.0 Å². The van der Waals surface area contributed by atoms with E-state index in [0.29, 0.717) is 15.6 Å². The van der Waals surface area contributed by atoms with Crippen molar-refractivity contribution in [3.05, 3.63) is 39.9 Å². The van der Waals surface area contributed by atoms with Crippen LogP contribution >= 0.6 is 23.2 Å². The number of benzene rings is 1. The molecule has 4 nitrogen and oxygen atoms in total. The number of carbonyl (C=O) groups excluding carboxylic acids is 1. The van der Waals surface area contributed by atoms with Crippen molar-refractivity contribution >= 4 is 41.2 Å². The SMILES string of the molecule is CN(C(=O)C=Cc1ccc(Cl)c(Cl)c1)C(C)(C)C(=O)O. The number of carboxylic acids is 1. The zero-order valence-electron chi connectivity index (χ0n) is 11.4. The Kier molecular flexibility index (Phi) is 5.20. The molecule has 0 radical (unpaired) electrons. The number of hydrogen-bond donors (Lipinski definition) is 1. The number of carbonyl (C=O) groups is 2. The molecule has 20 heavy (non-hydrogen) atoms. The first kappa shape index (κ1) is 16.5. The maximum atomic E-state index is 11.9. The lowest BCUT2D eigenvalue weighted by Gasteiger charge is -2.30. The first-order valence-corrected chi connectivity index (χ1v) is 6.56. The number of halogens is 2. The van der Waals surface area contributed by atoms with Crippen molar-refractivity contribution in [1.82, 2.24) is 4.90 Å². The summed E-state index contributed by atoms with van der Waals surface area (Å²) < 4.78 is 0. The van der Waals surface area contributed by atoms with E-state index in [1.165, 1.54) is 27.0 Å². The monoisotopic (exact) mass is 315 g/mol. The molecule has 0 heterocycles. The smallest absolute Gasteiger partial charge is 0.329 e. The summed E-state index contributed by atoms with van der Waals surface area (Å²) in [4.78, 5) is 24.2. The van der Waals surface area contributed by atoms with Crippen LogP contribution in [0.15, 0.2) is 24.3 Å². The second kappa shape index (κ2) is 6.29. The Hall–Kier alpha value is -1.52. The molecule has 0 spiro atoms. The van der Waals surface area contributed by atoms with Gasteiger partial charge in [-0.2, -0.15) is 0 Å². The normalized spacial score (nSPS) is 11.7. The highest BCUT2D eigenvalue weighted by molar-refractivity contribution is 6.42. The van der Waals surface area contributed by atoms with Crippen LogP contribution in [0.2, 0.25) is 10.0 Å². The Labute approximate surface area is 127 Å². The lowest BCUT2D eigenvalue weighted by atomic mass is 10.0. The van der Waals surface area contributed by atoms with Crippen LogP contribution in [-0.4, -0.2) is 34.5 Å². The molecular formula is C14H15Cl2NO3. The van der Waals surface area contributed by atoms with Gasteiger partial charge in [-0.25, -0.2) is 4.79 Å². The maximum absolute atomic E-state index is 11.9. The highest BCUT2D eigenvalue weighted by Gasteiger charge is 2.34. The van der Waals surface area contributed by atoms with E-state index >= 15 is 0 Å². The molecule has 0 aliphatic heterocycles. The second-order valence-electron chi connectivity index (χ2n) is 4.77. The number of carboxylic acid groups (broad SMARTS) is 1. The van der Waals surface area contributed by atoms with Gasteiger partial charge in [-0.05, 0) is 37.6 Å². The van der Waals surface area contributed by atoms with Crippen LogP contribution in [0.5, 0.6) is 0 Å². The van der Waals surface area contributed by atoms with Crippen molar-refractivity contribution < 1.29 is 14.7 Å². The summed E-state index contributed by atoms with van der Waals surface area (Å²) in [5.74, 6) is -1.49. The van der Waals surface area contributed by atoms with Crippen molar-refractivity contribution in [3.8, 4) is 0 Å². The third-order valence-corrected chi connectivity index (χ3v) is 3.79. The maximum Gasteiger partial charge on any atom is 0.329 e. The average Bonchev–Trinajstić information content (AvgIpc) is 2.38. The minimum atomic E-state index is -1.28. The van der Waals surface area contributed by atoms with Crippen molar-refractivity contribution in [2.45, 2.75) is 19.4 Å². The van der Waals surface area contributed by atoms with Gasteiger partial charge in [0.05, 0.1) is 10.0 Å². The number of nitrogens with zero attached hydrogens (tertiary/aromatic N) is 1. The number of aliphatic carboxylic acids is 1. The van der Waals surface area contributed by atoms with E-state index in [1.54, 1.807) is 24.3 Å². The van der Waals surface area contributed by atoms with Gasteiger partial charge in [0.2, 0.25) is 5.91 Å². The molecule has 1 amide bonds. The van der Waals surface area contributed by atoms with Gasteiger partial charge in [-0.3, -0.25) is 4.79 Å². The third-order valence-electron chi connectivity index (χ3n) is 3.05. The van der Waals surface area contributed by atoms with Gasteiger partial charge >= 0.3 is 5.97 Å². The minimum absolute atomic E-state index is 0.389. The predicted molar refractivity (Wildman–Crippen MR) is 80.0 cm³/mol. The van der Waals surface area contributed by atoms with Crippen molar-refractivity contribution in [2.75, 3.05) is 7.05 Å². The summed E-state index contributed by atoms with van der Waals surface area (Å²) in [5.41, 5.74) is -0.576. The van der Waals surface area contributed by atoms with Gasteiger partial charge in [0.15, 0.2) is 0 Å². The zero-order chi connectivity index (χ0) is 15.5. The number of amides is 1. The molecule has 0 bridgehead atoms. The van der Waals surface area contributed by atoms with Crippen LogP contribution < -0.4 is 0 Å². The van der Waals surface area contributed by atoms with Crippen LogP contribution in [0, 0.1) is 0 Å². The fourth-order valence-corrected chi connectivity index (χ4v) is 1.62. The lowest BCUT2D eigenvalue weighted by molar-refractivity contribution is -0.153. The molecule has 0 saturated carbocycles. The van der Waals surface area contributed by atoms with Gasteiger partial charge in [-0.1, -0.05) is 29.3 Å². The Morgan fingerprint density at radius 1 is 1.25 bits per heavy atom. The number of likely N-dealkylation sites (N-methyl/N-ethyl adjacent to an activating group) is 1. The van der Waals surface area contributed by atoms with Crippen LogP contribution in [0.3, 0.4) is 0 Å². The van der Waals surface area contributed by atoms with Crippen molar-refractivity contribution in [3.63, 3.8) is 0 Å². The summed E-state index contributed by atoms with van der Waals surface area (Å²) in [5, 5.41) is 9.88. The molecule has 1 aromatic carbocycles. The molecule has 1 rings (SSSR count). The van der Waals surface area contributed by atoms with E-state index in [0.717, 1.165) is 4.90 Å². The van der Waals surface area contributed by atoms with Crippen LogP contribution in [-0.2, 0) is 9.59 Å². The molecule has 0 atom stereocenters. The van der Waals surface area contributed by atoms with E-state index in [-0.39, 0.29) is 0 Å². The molecule has 6 heteroatoms. The van der Waals surface area contributed by atoms with Gasteiger partial charge in [-0.15, -0.1) is 0 Å². The molecule has 1 N–H and O–H groups in total. The van der Waals surface area contributed by atoms with Gasteiger partial charge in [0.1, 0.15) is 5.54 Å². The molecule has 1 aromatic rings. The van der Waals surface area contributed by atoms with E-state index < -0.39 is 17.4 Å². The standard InChI is InChI=1S/C14H15Cl2NO3/c1-14(2,13(19)20)17(3)12(18)7-5-9-4-6-10(15)11(16)8-9/h4-8H,1-3H3,(H,19,20). The molecule has 0 saturated heterocycles. The molecule has 0 aliphatic rings. The first-order valence-electron chi connectivity index (χ1n) is 5.80. The van der Waals surface area contributed by atoms with E-state index in [9.17, 15) is 9.59 Å². The molecule has 0 aliphatic carbocycles. The number of hydrogen-bond acceptors (Lipinski definition) is 2. The van der Waals surface area contributed by atoms with E-state index in [4.69, 9.17) is 28.3 Å². The van der Waals surface area contributed by atoms with Gasteiger partial charge in [0.25, 0.3) is 0 Å². The Balaban J connectivity index is 2.87. The quantitative estimate of drug-likeness (QED) is 0.867.